The summed E-state index contributed by atoms with van der Waals surface area (Å²) in [6.07, 6.45) is 1.49. The Morgan fingerprint density at radius 2 is 2.00 bits per heavy atom. The second-order valence-corrected chi connectivity index (χ2v) is 6.79. The minimum Gasteiger partial charge on any atom is -0.352 e. The van der Waals surface area contributed by atoms with Gasteiger partial charge in [0.1, 0.15) is 4.90 Å². The number of nitrogens with one attached hydrogen (secondary N) is 1. The van der Waals surface area contributed by atoms with E-state index in [0.717, 1.165) is 6.42 Å². The van der Waals surface area contributed by atoms with Gasteiger partial charge >= 0.3 is 0 Å². The van der Waals surface area contributed by atoms with Crippen molar-refractivity contribution in [2.75, 3.05) is 6.54 Å². The predicted octanol–water partition coefficient (Wildman–Crippen LogP) is 3.08. The monoisotopic (exact) mass is 345 g/mol. The number of rotatable bonds is 5. The lowest BCUT2D eigenvalue weighted by Crippen LogP contribution is -2.25. The highest BCUT2D eigenvalue weighted by Gasteiger charge is 2.28. The van der Waals surface area contributed by atoms with Gasteiger partial charge in [-0.3, -0.25) is 4.79 Å². The fraction of sp³-hybridized carbons (Fsp3) is 0.364. The summed E-state index contributed by atoms with van der Waals surface area (Å²) in [6, 6.07) is 0.532. The second kappa shape index (κ2) is 6.69. The van der Waals surface area contributed by atoms with Gasteiger partial charge in [-0.2, -0.15) is 0 Å². The summed E-state index contributed by atoms with van der Waals surface area (Å²) in [5.41, 5.74) is -0.485. The first-order chi connectivity index (χ1) is 9.20. The molecule has 1 rings (SSSR count). The zero-order valence-electron chi connectivity index (χ0n) is 10.3. The Morgan fingerprint density at radius 3 is 2.50 bits per heavy atom. The molecule has 0 aliphatic heterocycles. The van der Waals surface area contributed by atoms with Gasteiger partial charge < -0.3 is 5.32 Å². The average molecular weight is 346 g/mol. The highest BCUT2D eigenvalue weighted by Crippen LogP contribution is 2.32. The van der Waals surface area contributed by atoms with E-state index in [1.165, 1.54) is 0 Å². The van der Waals surface area contributed by atoms with E-state index < -0.39 is 42.1 Å². The van der Waals surface area contributed by atoms with Gasteiger partial charge in [-0.25, -0.2) is 17.2 Å². The molecule has 1 N–H and O–H groups in total. The highest BCUT2D eigenvalue weighted by atomic mass is 35.7. The highest BCUT2D eigenvalue weighted by molar-refractivity contribution is 8.13. The zero-order valence-corrected chi connectivity index (χ0v) is 12.7. The largest absolute Gasteiger partial charge is 0.352 e. The molecule has 0 unspecified atom stereocenters. The summed E-state index contributed by atoms with van der Waals surface area (Å²) in [7, 11) is 0.371. The number of amides is 1. The van der Waals surface area contributed by atoms with Crippen LogP contribution < -0.4 is 5.32 Å². The van der Waals surface area contributed by atoms with Crippen molar-refractivity contribution in [1.29, 1.82) is 0 Å². The van der Waals surface area contributed by atoms with Crippen molar-refractivity contribution in [2.24, 2.45) is 0 Å². The smallest absolute Gasteiger partial charge is 0.265 e. The number of benzene rings is 1. The van der Waals surface area contributed by atoms with Crippen molar-refractivity contribution in [1.82, 2.24) is 5.32 Å². The Morgan fingerprint density at radius 1 is 1.40 bits per heavy atom. The normalized spacial score (nSPS) is 11.4. The number of carbonyl (C=O) groups is 1. The zero-order chi connectivity index (χ0) is 15.5. The van der Waals surface area contributed by atoms with Crippen LogP contribution in [0.1, 0.15) is 30.1 Å². The first kappa shape index (κ1) is 17.1. The van der Waals surface area contributed by atoms with Crippen molar-refractivity contribution in [3.05, 3.63) is 28.3 Å². The predicted molar refractivity (Wildman–Crippen MR) is 71.6 cm³/mol. The molecule has 0 saturated heterocycles. The Balaban J connectivity index is 3.30. The minimum absolute atomic E-state index is 0.299. The quantitative estimate of drug-likeness (QED) is 0.506. The molecular weight excluding hydrogens is 335 g/mol. The molecule has 112 valence electrons. The fourth-order valence-corrected chi connectivity index (χ4v) is 3.15. The molecule has 0 aromatic heterocycles. The molecule has 0 spiro atoms. The van der Waals surface area contributed by atoms with Crippen LogP contribution in [0.4, 0.5) is 8.78 Å². The van der Waals surface area contributed by atoms with E-state index in [9.17, 15) is 22.0 Å². The van der Waals surface area contributed by atoms with Crippen LogP contribution in [0.5, 0.6) is 0 Å². The molecule has 20 heavy (non-hydrogen) atoms. The Hall–Kier alpha value is -0.920. The molecule has 0 bridgehead atoms. The van der Waals surface area contributed by atoms with Crippen molar-refractivity contribution < 1.29 is 22.0 Å². The fourth-order valence-electron chi connectivity index (χ4n) is 1.43. The topological polar surface area (TPSA) is 63.2 Å². The molecule has 1 aromatic rings. The van der Waals surface area contributed by atoms with Crippen molar-refractivity contribution in [3.63, 3.8) is 0 Å². The number of unbranched alkanes of at least 4 members (excludes halogenated alkanes) is 1. The summed E-state index contributed by atoms with van der Waals surface area (Å²) >= 11 is 5.65. The molecule has 0 radical (unpaired) electrons. The van der Waals surface area contributed by atoms with Crippen molar-refractivity contribution in [2.45, 2.75) is 24.7 Å². The van der Waals surface area contributed by atoms with Crippen LogP contribution in [0.3, 0.4) is 0 Å². The van der Waals surface area contributed by atoms with E-state index in [2.05, 4.69) is 5.32 Å². The number of hydrogen-bond acceptors (Lipinski definition) is 3. The third-order valence-corrected chi connectivity index (χ3v) is 4.26. The summed E-state index contributed by atoms with van der Waals surface area (Å²) in [5.74, 6) is -4.03. The molecule has 4 nitrogen and oxygen atoms in total. The van der Waals surface area contributed by atoms with Crippen LogP contribution in [0.25, 0.3) is 0 Å². The van der Waals surface area contributed by atoms with Gasteiger partial charge in [0.15, 0.2) is 11.6 Å². The number of halogens is 4. The summed E-state index contributed by atoms with van der Waals surface area (Å²) < 4.78 is 49.2. The van der Waals surface area contributed by atoms with Crippen LogP contribution in [0, 0.1) is 11.6 Å². The van der Waals surface area contributed by atoms with Crippen LogP contribution in [0.2, 0.25) is 5.02 Å². The number of hydrogen-bond donors (Lipinski definition) is 1. The van der Waals surface area contributed by atoms with Gasteiger partial charge in [-0.1, -0.05) is 24.9 Å². The first-order valence-corrected chi connectivity index (χ1v) is 8.29. The van der Waals surface area contributed by atoms with Gasteiger partial charge in [0.25, 0.3) is 15.0 Å². The molecule has 0 aliphatic rings. The number of carbonyl (C=O) groups excluding carboxylic acids is 1. The summed E-state index contributed by atoms with van der Waals surface area (Å²) in [6.45, 7) is 2.20. The lowest BCUT2D eigenvalue weighted by atomic mass is 10.2. The minimum atomic E-state index is -4.62. The molecule has 1 aromatic carbocycles. The van der Waals surface area contributed by atoms with Gasteiger partial charge in [0, 0.05) is 17.2 Å². The second-order valence-electron chi connectivity index (χ2n) is 3.91. The molecule has 0 fully saturated rings. The van der Waals surface area contributed by atoms with E-state index in [-0.39, 0.29) is 0 Å². The van der Waals surface area contributed by atoms with E-state index in [0.29, 0.717) is 19.0 Å². The third kappa shape index (κ3) is 3.80. The van der Waals surface area contributed by atoms with Crippen LogP contribution in [0.15, 0.2) is 11.0 Å². The Labute approximate surface area is 124 Å². The van der Waals surface area contributed by atoms with Crippen molar-refractivity contribution in [3.8, 4) is 0 Å². The van der Waals surface area contributed by atoms with E-state index in [4.69, 9.17) is 22.3 Å². The van der Waals surface area contributed by atoms with Gasteiger partial charge in [-0.15, -0.1) is 0 Å². The molecule has 0 aliphatic carbocycles. The maximum Gasteiger partial charge on any atom is 0.265 e. The standard InChI is InChI=1S/C11H11Cl2F2NO3S/c1-2-3-4-16-11(17)6-5-7(14)9(15)10(8(6)12)20(13,18)19/h5H,2-4H2,1H3,(H,16,17). The lowest BCUT2D eigenvalue weighted by Gasteiger charge is -2.10. The molecule has 0 heterocycles. The molecule has 0 saturated carbocycles. The SMILES string of the molecule is CCCCNC(=O)c1cc(F)c(F)c(S(=O)(=O)Cl)c1Cl. The van der Waals surface area contributed by atoms with E-state index >= 15 is 0 Å². The van der Waals surface area contributed by atoms with Gasteiger partial charge in [-0.05, 0) is 12.5 Å². The van der Waals surface area contributed by atoms with Gasteiger partial charge in [0.2, 0.25) is 0 Å². The summed E-state index contributed by atoms with van der Waals surface area (Å²) in [5, 5.41) is 1.67. The molecule has 9 heteroatoms. The van der Waals surface area contributed by atoms with Crippen LogP contribution in [-0.2, 0) is 9.05 Å². The molecular formula is C11H11Cl2F2NO3S. The van der Waals surface area contributed by atoms with Crippen LogP contribution in [-0.4, -0.2) is 20.9 Å². The molecule has 1 amide bonds. The van der Waals surface area contributed by atoms with Gasteiger partial charge in [0.05, 0.1) is 10.6 Å². The van der Waals surface area contributed by atoms with E-state index in [1.807, 2.05) is 6.92 Å². The van der Waals surface area contributed by atoms with Crippen molar-refractivity contribution >= 4 is 37.2 Å². The third-order valence-electron chi connectivity index (χ3n) is 2.42. The maximum atomic E-state index is 13.5. The Kier molecular flexibility index (Phi) is 5.73. The van der Waals surface area contributed by atoms with E-state index in [1.54, 1.807) is 0 Å². The van der Waals surface area contributed by atoms with Crippen LogP contribution >= 0.6 is 22.3 Å². The Bertz CT molecular complexity index is 635. The average Bonchev–Trinajstić information content (AvgIpc) is 2.32. The summed E-state index contributed by atoms with van der Waals surface area (Å²) in [4.78, 5) is 10.5. The first-order valence-electron chi connectivity index (χ1n) is 5.60. The molecule has 0 atom stereocenters. The lowest BCUT2D eigenvalue weighted by molar-refractivity contribution is 0.0952. The maximum absolute atomic E-state index is 13.5.